The van der Waals surface area contributed by atoms with Crippen LogP contribution in [0.5, 0.6) is 0 Å². The van der Waals surface area contributed by atoms with Crippen LogP contribution in [0.15, 0.2) is 27.6 Å². The predicted octanol–water partition coefficient (Wildman–Crippen LogP) is 2.50. The Balaban J connectivity index is 2.17. The molecule has 9 heteroatoms. The Hall–Kier alpha value is -2.55. The van der Waals surface area contributed by atoms with E-state index >= 15 is 0 Å². The Labute approximate surface area is 149 Å². The third-order valence-electron chi connectivity index (χ3n) is 3.95. The summed E-state index contributed by atoms with van der Waals surface area (Å²) in [6.07, 6.45) is 2.40. The van der Waals surface area contributed by atoms with Gasteiger partial charge in [-0.3, -0.25) is 4.79 Å². The van der Waals surface area contributed by atoms with Gasteiger partial charge in [-0.2, -0.15) is 0 Å². The maximum Gasteiger partial charge on any atom is 0.361 e. The maximum atomic E-state index is 13.5. The van der Waals surface area contributed by atoms with Crippen molar-refractivity contribution in [2.24, 2.45) is 0 Å². The van der Waals surface area contributed by atoms with E-state index in [1.54, 1.807) is 6.92 Å². The number of rotatable bonds is 6. The Kier molecular flexibility index (Phi) is 4.66. The van der Waals surface area contributed by atoms with Crippen LogP contribution >= 0.6 is 0 Å². The van der Waals surface area contributed by atoms with Gasteiger partial charge in [0, 0.05) is 17.7 Å². The molecule has 0 bridgehead atoms. The Morgan fingerprint density at radius 2 is 2.04 bits per heavy atom. The summed E-state index contributed by atoms with van der Waals surface area (Å²) in [7, 11) is -3.88. The smallest absolute Gasteiger partial charge is 0.361 e. The van der Waals surface area contributed by atoms with E-state index in [0.29, 0.717) is 0 Å². The molecule has 0 amide bonds. The molecule has 138 valence electrons. The van der Waals surface area contributed by atoms with Crippen LogP contribution in [0.1, 0.15) is 57.9 Å². The molecule has 3 rings (SSSR count). The fourth-order valence-electron chi connectivity index (χ4n) is 2.61. The number of carbonyl (C=O) groups excluding carboxylic acids is 2. The highest BCUT2D eigenvalue weighted by molar-refractivity contribution is 7.90. The largest absolute Gasteiger partial charge is 0.461 e. The second-order valence-electron chi connectivity index (χ2n) is 6.01. The third-order valence-corrected chi connectivity index (χ3v) is 5.09. The number of aromatic nitrogens is 1. The summed E-state index contributed by atoms with van der Waals surface area (Å²) in [5.41, 5.74) is -0.672. The first kappa shape index (κ1) is 18.2. The van der Waals surface area contributed by atoms with E-state index in [2.05, 4.69) is 5.16 Å². The van der Waals surface area contributed by atoms with E-state index in [0.717, 1.165) is 37.3 Å². The van der Waals surface area contributed by atoms with Crippen molar-refractivity contribution < 1.29 is 31.7 Å². The zero-order valence-electron chi connectivity index (χ0n) is 14.1. The fourth-order valence-corrected chi connectivity index (χ4v) is 3.50. The predicted molar refractivity (Wildman–Crippen MR) is 87.4 cm³/mol. The van der Waals surface area contributed by atoms with Crippen LogP contribution in [0.2, 0.25) is 0 Å². The minimum Gasteiger partial charge on any atom is -0.461 e. The summed E-state index contributed by atoms with van der Waals surface area (Å²) in [4.78, 5) is 24.7. The van der Waals surface area contributed by atoms with Gasteiger partial charge in [-0.15, -0.1) is 0 Å². The second-order valence-corrected chi connectivity index (χ2v) is 7.99. The number of ketones is 1. The van der Waals surface area contributed by atoms with Gasteiger partial charge in [0.1, 0.15) is 11.4 Å². The molecule has 2 aromatic rings. The van der Waals surface area contributed by atoms with E-state index in [9.17, 15) is 22.4 Å². The molecule has 26 heavy (non-hydrogen) atoms. The van der Waals surface area contributed by atoms with Crippen molar-refractivity contribution in [2.45, 2.75) is 30.6 Å². The van der Waals surface area contributed by atoms with Crippen molar-refractivity contribution in [3.63, 3.8) is 0 Å². The number of nitrogens with zero attached hydrogens (tertiary/aromatic N) is 1. The number of hydrogen-bond acceptors (Lipinski definition) is 7. The summed E-state index contributed by atoms with van der Waals surface area (Å²) in [5, 5.41) is 3.66. The summed E-state index contributed by atoms with van der Waals surface area (Å²) in [6.45, 7) is 1.67. The number of benzene rings is 1. The van der Waals surface area contributed by atoms with Crippen LogP contribution < -0.4 is 0 Å². The number of hydrogen-bond donors (Lipinski definition) is 0. The molecule has 0 radical (unpaired) electrons. The minimum absolute atomic E-state index is 0.0632. The molecule has 0 atom stereocenters. The normalized spacial score (nSPS) is 14.3. The first-order valence-corrected chi connectivity index (χ1v) is 9.84. The van der Waals surface area contributed by atoms with Gasteiger partial charge in [-0.05, 0) is 38.0 Å². The van der Waals surface area contributed by atoms with Gasteiger partial charge in [0.25, 0.3) is 0 Å². The molecule has 1 saturated carbocycles. The van der Waals surface area contributed by atoms with E-state index in [4.69, 9.17) is 9.26 Å². The molecule has 0 aliphatic heterocycles. The van der Waals surface area contributed by atoms with Gasteiger partial charge in [0.05, 0.1) is 11.5 Å². The van der Waals surface area contributed by atoms with E-state index < -0.39 is 32.3 Å². The van der Waals surface area contributed by atoms with Crippen LogP contribution in [0, 0.1) is 5.82 Å². The molecule has 1 aliphatic rings. The molecule has 0 spiro atoms. The topological polar surface area (TPSA) is 104 Å². The molecule has 0 saturated heterocycles. The van der Waals surface area contributed by atoms with Crippen molar-refractivity contribution in [1.82, 2.24) is 5.16 Å². The maximum absolute atomic E-state index is 13.5. The highest BCUT2D eigenvalue weighted by Gasteiger charge is 2.38. The average Bonchev–Trinajstić information content (AvgIpc) is 3.32. The van der Waals surface area contributed by atoms with Crippen LogP contribution in [-0.4, -0.2) is 38.2 Å². The summed E-state index contributed by atoms with van der Waals surface area (Å²) >= 11 is 0. The fraction of sp³-hybridized carbons (Fsp3) is 0.353. The van der Waals surface area contributed by atoms with Crippen molar-refractivity contribution in [3.05, 3.63) is 46.6 Å². The zero-order chi connectivity index (χ0) is 19.1. The van der Waals surface area contributed by atoms with Gasteiger partial charge in [-0.25, -0.2) is 17.6 Å². The molecule has 7 nitrogen and oxygen atoms in total. The van der Waals surface area contributed by atoms with Crippen LogP contribution in [0.3, 0.4) is 0 Å². The van der Waals surface area contributed by atoms with Gasteiger partial charge < -0.3 is 9.26 Å². The molecule has 1 aromatic heterocycles. The lowest BCUT2D eigenvalue weighted by atomic mass is 9.99. The molecule has 0 unspecified atom stereocenters. The summed E-state index contributed by atoms with van der Waals surface area (Å²) in [5.74, 6) is -2.24. The monoisotopic (exact) mass is 381 g/mol. The van der Waals surface area contributed by atoms with Crippen LogP contribution in [0.4, 0.5) is 4.39 Å². The van der Waals surface area contributed by atoms with Crippen molar-refractivity contribution >= 4 is 21.6 Å². The van der Waals surface area contributed by atoms with Gasteiger partial charge in [0.15, 0.2) is 21.4 Å². The van der Waals surface area contributed by atoms with E-state index in [1.807, 2.05) is 0 Å². The van der Waals surface area contributed by atoms with Crippen LogP contribution in [0.25, 0.3) is 0 Å². The Morgan fingerprint density at radius 3 is 2.62 bits per heavy atom. The number of esters is 1. The van der Waals surface area contributed by atoms with Crippen molar-refractivity contribution in [3.8, 4) is 0 Å². The van der Waals surface area contributed by atoms with Gasteiger partial charge >= 0.3 is 5.97 Å². The Morgan fingerprint density at radius 1 is 1.35 bits per heavy atom. The molecule has 1 aliphatic carbocycles. The summed E-state index contributed by atoms with van der Waals surface area (Å²) in [6, 6.07) is 2.83. The number of halogens is 1. The molecule has 1 heterocycles. The number of ether oxygens (including phenoxy) is 1. The zero-order valence-corrected chi connectivity index (χ0v) is 14.9. The quantitative estimate of drug-likeness (QED) is 0.559. The van der Waals surface area contributed by atoms with Crippen molar-refractivity contribution in [1.29, 1.82) is 0 Å². The van der Waals surface area contributed by atoms with Gasteiger partial charge in [-0.1, -0.05) is 5.16 Å². The number of sulfone groups is 1. The minimum atomic E-state index is -3.88. The highest BCUT2D eigenvalue weighted by Crippen LogP contribution is 2.43. The molecule has 0 N–H and O–H groups in total. The average molecular weight is 381 g/mol. The second kappa shape index (κ2) is 6.64. The third kappa shape index (κ3) is 3.39. The first-order chi connectivity index (χ1) is 12.2. The van der Waals surface area contributed by atoms with E-state index in [-0.39, 0.29) is 35.1 Å². The highest BCUT2D eigenvalue weighted by atomic mass is 32.2. The van der Waals surface area contributed by atoms with Crippen molar-refractivity contribution in [2.75, 3.05) is 12.9 Å². The van der Waals surface area contributed by atoms with Gasteiger partial charge in [0.2, 0.25) is 5.69 Å². The molecule has 1 fully saturated rings. The lowest BCUT2D eigenvalue weighted by Gasteiger charge is -2.08. The molecular weight excluding hydrogens is 365 g/mol. The molecular formula is C17H16FNO6S. The lowest BCUT2D eigenvalue weighted by Crippen LogP contribution is -2.15. The first-order valence-electron chi connectivity index (χ1n) is 7.95. The van der Waals surface area contributed by atoms with E-state index in [1.165, 1.54) is 0 Å². The molecule has 1 aromatic carbocycles. The lowest BCUT2D eigenvalue weighted by molar-refractivity contribution is 0.0512. The Bertz CT molecular complexity index is 991. The number of carbonyl (C=O) groups is 2. The standard InChI is InChI=1S/C17H16FNO6S/c1-3-24-17(21)14-13(16(25-19-14)9-4-5-9)15(20)11-7-6-10(18)8-12(11)26(2,22)23/h6-9H,3-5H2,1-2H3. The summed E-state index contributed by atoms with van der Waals surface area (Å²) < 4.78 is 47.6. The SMILES string of the molecule is CCOC(=O)c1noc(C2CC2)c1C(=O)c1ccc(F)cc1S(C)(=O)=O. The van der Waals surface area contributed by atoms with Crippen LogP contribution in [-0.2, 0) is 14.6 Å².